The van der Waals surface area contributed by atoms with Crippen LogP contribution in [0.1, 0.15) is 11.1 Å². The fourth-order valence-corrected chi connectivity index (χ4v) is 3.98. The molecule has 0 unspecified atom stereocenters. The van der Waals surface area contributed by atoms with Gasteiger partial charge in [-0.25, -0.2) is 8.42 Å². The summed E-state index contributed by atoms with van der Waals surface area (Å²) >= 11 is 1.31. The van der Waals surface area contributed by atoms with Crippen molar-refractivity contribution in [1.29, 1.82) is 0 Å². The van der Waals surface area contributed by atoms with E-state index < -0.39 is 15.9 Å². The molecule has 2 aromatic carbocycles. The second kappa shape index (κ2) is 7.48. The van der Waals surface area contributed by atoms with Gasteiger partial charge >= 0.3 is 0 Å². The summed E-state index contributed by atoms with van der Waals surface area (Å²) in [7, 11) is -3.91. The molecule has 0 aliphatic carbocycles. The number of hydrogen-bond acceptors (Lipinski definition) is 5. The molecule has 1 aliphatic heterocycles. The topological polar surface area (TPSA) is 104 Å². The monoisotopic (exact) mass is 391 g/mol. The van der Waals surface area contributed by atoms with E-state index in [0.717, 1.165) is 10.5 Å². The summed E-state index contributed by atoms with van der Waals surface area (Å²) in [4.78, 5) is 26.2. The van der Waals surface area contributed by atoms with E-state index in [4.69, 9.17) is 0 Å². The van der Waals surface area contributed by atoms with Crippen molar-refractivity contribution < 1.29 is 18.0 Å². The lowest BCUT2D eigenvalue weighted by molar-refractivity contribution is -0.119. The Morgan fingerprint density at radius 1 is 1.19 bits per heavy atom. The Morgan fingerprint density at radius 2 is 1.92 bits per heavy atom. The smallest absolute Gasteiger partial charge is 0.257 e. The van der Waals surface area contributed by atoms with E-state index >= 15 is 0 Å². The van der Waals surface area contributed by atoms with Gasteiger partial charge in [0.15, 0.2) is 0 Å². The number of carbonyl (C=O) groups is 2. The molecule has 0 atom stereocenters. The number of rotatable bonds is 6. The number of carbonyl (C=O) groups excluding carboxylic acids is 2. The SMILES string of the molecule is Cc1ccc(SCC(=O)NNS(=O)(=O)c2ccc3c(c2)CC(=O)N3)cc1. The normalized spacial score (nSPS) is 13.2. The summed E-state index contributed by atoms with van der Waals surface area (Å²) in [5, 5.41) is 2.64. The van der Waals surface area contributed by atoms with E-state index in [9.17, 15) is 18.0 Å². The molecule has 136 valence electrons. The maximum Gasteiger partial charge on any atom is 0.257 e. The van der Waals surface area contributed by atoms with Crippen molar-refractivity contribution in [3.63, 3.8) is 0 Å². The molecular formula is C17H17N3O4S2. The molecule has 1 aliphatic rings. The highest BCUT2D eigenvalue weighted by molar-refractivity contribution is 8.00. The zero-order valence-corrected chi connectivity index (χ0v) is 15.5. The number of hydrazine groups is 1. The van der Waals surface area contributed by atoms with Gasteiger partial charge in [0.2, 0.25) is 11.8 Å². The van der Waals surface area contributed by atoms with Crippen LogP contribution in [0.15, 0.2) is 52.3 Å². The Labute approximate surface area is 155 Å². The lowest BCUT2D eigenvalue weighted by Gasteiger charge is -2.09. The quantitative estimate of drug-likeness (QED) is 0.512. The lowest BCUT2D eigenvalue weighted by Crippen LogP contribution is -2.42. The number of benzene rings is 2. The van der Waals surface area contributed by atoms with Crippen molar-refractivity contribution in [2.45, 2.75) is 23.1 Å². The molecule has 0 aromatic heterocycles. The number of nitrogens with one attached hydrogen (secondary N) is 3. The van der Waals surface area contributed by atoms with Crippen LogP contribution in [0.25, 0.3) is 0 Å². The largest absolute Gasteiger partial charge is 0.326 e. The van der Waals surface area contributed by atoms with Crippen molar-refractivity contribution in [3.05, 3.63) is 53.6 Å². The van der Waals surface area contributed by atoms with Gasteiger partial charge in [0.05, 0.1) is 17.1 Å². The van der Waals surface area contributed by atoms with Gasteiger partial charge in [-0.05, 0) is 42.8 Å². The van der Waals surface area contributed by atoms with Crippen LogP contribution in [0.3, 0.4) is 0 Å². The molecular weight excluding hydrogens is 374 g/mol. The van der Waals surface area contributed by atoms with Crippen LogP contribution in [-0.4, -0.2) is 26.0 Å². The van der Waals surface area contributed by atoms with Crippen LogP contribution in [0.2, 0.25) is 0 Å². The number of anilines is 1. The molecule has 1 heterocycles. The van der Waals surface area contributed by atoms with Crippen LogP contribution in [0, 0.1) is 6.92 Å². The summed E-state index contributed by atoms with van der Waals surface area (Å²) in [6, 6.07) is 12.0. The minimum atomic E-state index is -3.91. The Balaban J connectivity index is 1.56. The molecule has 0 saturated carbocycles. The Hall–Kier alpha value is -2.36. The molecule has 2 amide bonds. The molecule has 0 fully saturated rings. The van der Waals surface area contributed by atoms with Gasteiger partial charge in [-0.2, -0.15) is 0 Å². The number of thioether (sulfide) groups is 1. The Morgan fingerprint density at radius 3 is 2.65 bits per heavy atom. The lowest BCUT2D eigenvalue weighted by atomic mass is 10.2. The van der Waals surface area contributed by atoms with Crippen molar-refractivity contribution in [3.8, 4) is 0 Å². The maximum atomic E-state index is 12.3. The summed E-state index contributed by atoms with van der Waals surface area (Å²) in [6.45, 7) is 1.97. The molecule has 3 rings (SSSR count). The third kappa shape index (κ3) is 4.43. The minimum absolute atomic E-state index is 0.0146. The average molecular weight is 391 g/mol. The van der Waals surface area contributed by atoms with E-state index in [-0.39, 0.29) is 23.0 Å². The van der Waals surface area contributed by atoms with Gasteiger partial charge in [-0.15, -0.1) is 16.6 Å². The van der Waals surface area contributed by atoms with E-state index in [0.29, 0.717) is 11.3 Å². The third-order valence-electron chi connectivity index (χ3n) is 3.73. The number of sulfonamides is 1. The Bertz CT molecular complexity index is 956. The van der Waals surface area contributed by atoms with Crippen LogP contribution in [0.4, 0.5) is 5.69 Å². The third-order valence-corrected chi connectivity index (χ3v) is 5.99. The fourth-order valence-electron chi connectivity index (χ4n) is 2.38. The molecule has 9 heteroatoms. The first kappa shape index (κ1) is 18.4. The molecule has 0 spiro atoms. The van der Waals surface area contributed by atoms with Gasteiger partial charge in [0, 0.05) is 10.6 Å². The van der Waals surface area contributed by atoms with Crippen molar-refractivity contribution >= 4 is 39.3 Å². The number of amides is 2. The number of aryl methyl sites for hydroxylation is 1. The molecule has 7 nitrogen and oxygen atoms in total. The maximum absolute atomic E-state index is 12.3. The van der Waals surface area contributed by atoms with E-state index in [2.05, 4.69) is 15.6 Å². The van der Waals surface area contributed by atoms with Gasteiger partial charge in [0.25, 0.3) is 10.0 Å². The standard InChI is InChI=1S/C17H17N3O4S2/c1-11-2-4-13(5-3-11)25-10-17(22)19-20-26(23,24)14-6-7-15-12(8-14)9-16(21)18-15/h2-8,20H,9-10H2,1H3,(H,18,21)(H,19,22). The van der Waals surface area contributed by atoms with Gasteiger partial charge in [0.1, 0.15) is 0 Å². The molecule has 2 aromatic rings. The molecule has 0 bridgehead atoms. The van der Waals surface area contributed by atoms with E-state index in [1.54, 1.807) is 0 Å². The number of hydrogen-bond donors (Lipinski definition) is 3. The highest BCUT2D eigenvalue weighted by atomic mass is 32.2. The first-order valence-electron chi connectivity index (χ1n) is 7.76. The van der Waals surface area contributed by atoms with Crippen molar-refractivity contribution in [1.82, 2.24) is 10.3 Å². The van der Waals surface area contributed by atoms with E-state index in [1.807, 2.05) is 31.2 Å². The predicted molar refractivity (Wildman–Crippen MR) is 99.1 cm³/mol. The number of fused-ring (bicyclic) bond motifs is 1. The van der Waals surface area contributed by atoms with Crippen molar-refractivity contribution in [2.75, 3.05) is 11.1 Å². The molecule has 26 heavy (non-hydrogen) atoms. The predicted octanol–water partition coefficient (Wildman–Crippen LogP) is 1.59. The second-order valence-corrected chi connectivity index (χ2v) is 8.53. The summed E-state index contributed by atoms with van der Waals surface area (Å²) < 4.78 is 24.6. The van der Waals surface area contributed by atoms with Crippen LogP contribution in [-0.2, 0) is 26.0 Å². The average Bonchev–Trinajstić information content (AvgIpc) is 2.98. The minimum Gasteiger partial charge on any atom is -0.326 e. The van der Waals surface area contributed by atoms with E-state index in [1.165, 1.54) is 30.0 Å². The summed E-state index contributed by atoms with van der Waals surface area (Å²) in [5.74, 6) is -0.560. The van der Waals surface area contributed by atoms with Gasteiger partial charge in [-0.3, -0.25) is 15.0 Å². The van der Waals surface area contributed by atoms with Crippen LogP contribution in [0.5, 0.6) is 0 Å². The molecule has 0 radical (unpaired) electrons. The highest BCUT2D eigenvalue weighted by Crippen LogP contribution is 2.25. The van der Waals surface area contributed by atoms with Crippen molar-refractivity contribution in [2.24, 2.45) is 0 Å². The fraction of sp³-hybridized carbons (Fsp3) is 0.176. The summed E-state index contributed by atoms with van der Waals surface area (Å²) in [5.41, 5.74) is 4.54. The molecule has 0 saturated heterocycles. The summed E-state index contributed by atoms with van der Waals surface area (Å²) in [6.07, 6.45) is 0.137. The second-order valence-electron chi connectivity index (χ2n) is 5.80. The zero-order valence-electron chi connectivity index (χ0n) is 13.9. The van der Waals surface area contributed by atoms with Gasteiger partial charge < -0.3 is 5.32 Å². The van der Waals surface area contributed by atoms with Crippen LogP contribution < -0.4 is 15.6 Å². The first-order chi connectivity index (χ1) is 12.3. The van der Waals surface area contributed by atoms with Gasteiger partial charge in [-0.1, -0.05) is 17.7 Å². The molecule has 3 N–H and O–H groups in total. The zero-order chi connectivity index (χ0) is 18.7. The van der Waals surface area contributed by atoms with Crippen LogP contribution >= 0.6 is 11.8 Å². The Kier molecular flexibility index (Phi) is 5.30. The first-order valence-corrected chi connectivity index (χ1v) is 10.2. The highest BCUT2D eigenvalue weighted by Gasteiger charge is 2.22.